The maximum atomic E-state index is 12.4. The second kappa shape index (κ2) is 6.47. The lowest BCUT2D eigenvalue weighted by atomic mass is 10.2. The second-order valence-corrected chi connectivity index (χ2v) is 4.97. The molecule has 1 N–H and O–H groups in total. The molecule has 2 unspecified atom stereocenters. The molecule has 6 nitrogen and oxygen atoms in total. The van der Waals surface area contributed by atoms with Crippen LogP contribution in [0.2, 0.25) is 0 Å². The number of amides is 1. The largest absolute Gasteiger partial charge is 0.508 e. The van der Waals surface area contributed by atoms with Crippen LogP contribution in [0, 0.1) is 0 Å². The van der Waals surface area contributed by atoms with E-state index in [1.165, 1.54) is 24.1 Å². The van der Waals surface area contributed by atoms with Crippen molar-refractivity contribution in [1.29, 1.82) is 0 Å². The number of aromatic hydroxyl groups is 1. The molecule has 0 saturated carbocycles. The van der Waals surface area contributed by atoms with Crippen LogP contribution in [-0.4, -0.2) is 47.7 Å². The van der Waals surface area contributed by atoms with E-state index in [1.807, 2.05) is 0 Å². The molecule has 1 aromatic rings. The number of phenols is 1. The van der Waals surface area contributed by atoms with Gasteiger partial charge in [0.1, 0.15) is 17.5 Å². The molecule has 0 aromatic heterocycles. The van der Waals surface area contributed by atoms with Crippen LogP contribution in [0.25, 0.3) is 0 Å². The van der Waals surface area contributed by atoms with Crippen molar-refractivity contribution in [2.75, 3.05) is 13.7 Å². The van der Waals surface area contributed by atoms with Crippen LogP contribution in [-0.2, 0) is 14.3 Å². The van der Waals surface area contributed by atoms with Crippen LogP contribution in [0.4, 0.5) is 0 Å². The summed E-state index contributed by atoms with van der Waals surface area (Å²) in [5.74, 6) is -0.0113. The number of nitrogens with zero attached hydrogens (tertiary/aromatic N) is 1. The number of ether oxygens (including phenoxy) is 2. The number of hydrogen-bond donors (Lipinski definition) is 1. The van der Waals surface area contributed by atoms with Crippen LogP contribution in [0.5, 0.6) is 11.5 Å². The lowest BCUT2D eigenvalue weighted by molar-refractivity contribution is -0.153. The Morgan fingerprint density at radius 1 is 1.33 bits per heavy atom. The van der Waals surface area contributed by atoms with E-state index in [0.717, 1.165) is 6.42 Å². The zero-order valence-electron chi connectivity index (χ0n) is 12.1. The third kappa shape index (κ3) is 3.45. The Labute approximate surface area is 123 Å². The van der Waals surface area contributed by atoms with Gasteiger partial charge >= 0.3 is 5.97 Å². The summed E-state index contributed by atoms with van der Waals surface area (Å²) in [6, 6.07) is 5.62. The summed E-state index contributed by atoms with van der Waals surface area (Å²) >= 11 is 0. The number of hydrogen-bond acceptors (Lipinski definition) is 5. The molecule has 1 aliphatic rings. The summed E-state index contributed by atoms with van der Waals surface area (Å²) in [7, 11) is 1.32. The Balaban J connectivity index is 2.01. The minimum absolute atomic E-state index is 0.131. The number of benzene rings is 1. The van der Waals surface area contributed by atoms with Crippen molar-refractivity contribution in [3.63, 3.8) is 0 Å². The van der Waals surface area contributed by atoms with E-state index in [1.54, 1.807) is 19.1 Å². The summed E-state index contributed by atoms with van der Waals surface area (Å²) in [4.78, 5) is 25.6. The van der Waals surface area contributed by atoms with Crippen molar-refractivity contribution in [2.45, 2.75) is 31.9 Å². The molecule has 0 aliphatic carbocycles. The van der Waals surface area contributed by atoms with Crippen LogP contribution in [0.15, 0.2) is 24.3 Å². The standard InChI is InChI=1S/C15H19NO5/c1-10(21-12-7-5-11(17)6-8-12)14(18)16-9-3-4-13(16)15(19)20-2/h5-8,10,13,17H,3-4,9H2,1-2H3. The Kier molecular flexibility index (Phi) is 4.67. The van der Waals surface area contributed by atoms with Gasteiger partial charge in [0.15, 0.2) is 6.10 Å². The molecule has 2 atom stereocenters. The molecule has 2 rings (SSSR count). The molecule has 114 valence electrons. The Bertz CT molecular complexity index is 513. The average Bonchev–Trinajstić information content (AvgIpc) is 2.97. The number of likely N-dealkylation sites (tertiary alicyclic amines) is 1. The van der Waals surface area contributed by atoms with Gasteiger partial charge < -0.3 is 19.5 Å². The van der Waals surface area contributed by atoms with Crippen molar-refractivity contribution < 1.29 is 24.2 Å². The van der Waals surface area contributed by atoms with Gasteiger partial charge in [0.25, 0.3) is 5.91 Å². The predicted molar refractivity (Wildman–Crippen MR) is 74.9 cm³/mol. The minimum atomic E-state index is -0.709. The first-order chi connectivity index (χ1) is 10.0. The van der Waals surface area contributed by atoms with Crippen molar-refractivity contribution in [3.8, 4) is 11.5 Å². The van der Waals surface area contributed by atoms with Gasteiger partial charge in [0.2, 0.25) is 0 Å². The van der Waals surface area contributed by atoms with E-state index in [9.17, 15) is 14.7 Å². The predicted octanol–water partition coefficient (Wildman–Crippen LogP) is 1.32. The molecule has 1 aromatic carbocycles. The van der Waals surface area contributed by atoms with E-state index in [2.05, 4.69) is 0 Å². The number of esters is 1. The minimum Gasteiger partial charge on any atom is -0.508 e. The van der Waals surface area contributed by atoms with Crippen molar-refractivity contribution in [1.82, 2.24) is 4.90 Å². The van der Waals surface area contributed by atoms with Crippen LogP contribution < -0.4 is 4.74 Å². The zero-order valence-corrected chi connectivity index (χ0v) is 12.1. The first-order valence-corrected chi connectivity index (χ1v) is 6.87. The second-order valence-electron chi connectivity index (χ2n) is 4.97. The number of carbonyl (C=O) groups excluding carboxylic acids is 2. The SMILES string of the molecule is COC(=O)C1CCCN1C(=O)C(C)Oc1ccc(O)cc1. The number of methoxy groups -OCH3 is 1. The summed E-state index contributed by atoms with van der Waals surface area (Å²) in [6.07, 6.45) is 0.682. The summed E-state index contributed by atoms with van der Waals surface area (Å²) in [6.45, 7) is 2.17. The molecule has 1 saturated heterocycles. The van der Waals surface area contributed by atoms with Crippen LogP contribution in [0.3, 0.4) is 0 Å². The van der Waals surface area contributed by atoms with E-state index < -0.39 is 18.1 Å². The molecule has 0 spiro atoms. The molecule has 1 amide bonds. The maximum absolute atomic E-state index is 12.4. The Morgan fingerprint density at radius 3 is 2.62 bits per heavy atom. The summed E-state index contributed by atoms with van der Waals surface area (Å²) in [5, 5.41) is 9.21. The van der Waals surface area contributed by atoms with Gasteiger partial charge in [-0.25, -0.2) is 4.79 Å². The monoisotopic (exact) mass is 293 g/mol. The van der Waals surface area contributed by atoms with Crippen LogP contribution in [0.1, 0.15) is 19.8 Å². The fraction of sp³-hybridized carbons (Fsp3) is 0.467. The fourth-order valence-corrected chi connectivity index (χ4v) is 2.42. The molecule has 0 radical (unpaired) electrons. The summed E-state index contributed by atoms with van der Waals surface area (Å²) < 4.78 is 10.3. The molecular weight excluding hydrogens is 274 g/mol. The first kappa shape index (κ1) is 15.2. The smallest absolute Gasteiger partial charge is 0.328 e. The molecule has 1 heterocycles. The van der Waals surface area contributed by atoms with Crippen molar-refractivity contribution in [2.24, 2.45) is 0 Å². The highest BCUT2D eigenvalue weighted by Crippen LogP contribution is 2.22. The van der Waals surface area contributed by atoms with Gasteiger partial charge in [-0.15, -0.1) is 0 Å². The van der Waals surface area contributed by atoms with Crippen molar-refractivity contribution >= 4 is 11.9 Å². The average molecular weight is 293 g/mol. The Hall–Kier alpha value is -2.24. The number of carbonyl (C=O) groups is 2. The molecule has 21 heavy (non-hydrogen) atoms. The maximum Gasteiger partial charge on any atom is 0.328 e. The highest BCUT2D eigenvalue weighted by Gasteiger charge is 2.37. The van der Waals surface area contributed by atoms with Gasteiger partial charge in [0, 0.05) is 6.54 Å². The lowest BCUT2D eigenvalue weighted by Crippen LogP contribution is -2.46. The topological polar surface area (TPSA) is 76.1 Å². The Morgan fingerprint density at radius 2 is 2.00 bits per heavy atom. The van der Waals surface area contributed by atoms with Gasteiger partial charge in [-0.3, -0.25) is 4.79 Å². The lowest BCUT2D eigenvalue weighted by Gasteiger charge is -2.26. The third-order valence-corrected chi connectivity index (χ3v) is 3.51. The van der Waals surface area contributed by atoms with Gasteiger partial charge in [-0.2, -0.15) is 0 Å². The quantitative estimate of drug-likeness (QED) is 0.847. The fourth-order valence-electron chi connectivity index (χ4n) is 2.42. The van der Waals surface area contributed by atoms with E-state index in [0.29, 0.717) is 18.7 Å². The van der Waals surface area contributed by atoms with E-state index in [4.69, 9.17) is 9.47 Å². The number of phenolic OH excluding ortho intramolecular Hbond substituents is 1. The van der Waals surface area contributed by atoms with Crippen LogP contribution >= 0.6 is 0 Å². The van der Waals surface area contributed by atoms with E-state index >= 15 is 0 Å². The normalized spacial score (nSPS) is 19.1. The third-order valence-electron chi connectivity index (χ3n) is 3.51. The molecule has 0 bridgehead atoms. The molecule has 1 fully saturated rings. The molecule has 1 aliphatic heterocycles. The van der Waals surface area contributed by atoms with Gasteiger partial charge in [-0.05, 0) is 44.0 Å². The van der Waals surface area contributed by atoms with Crippen molar-refractivity contribution in [3.05, 3.63) is 24.3 Å². The van der Waals surface area contributed by atoms with E-state index in [-0.39, 0.29) is 11.7 Å². The van der Waals surface area contributed by atoms with Gasteiger partial charge in [-0.1, -0.05) is 0 Å². The molecule has 6 heteroatoms. The van der Waals surface area contributed by atoms with Gasteiger partial charge in [0.05, 0.1) is 7.11 Å². The summed E-state index contributed by atoms with van der Waals surface area (Å²) in [5.41, 5.74) is 0. The number of rotatable bonds is 4. The highest BCUT2D eigenvalue weighted by molar-refractivity contribution is 5.87. The first-order valence-electron chi connectivity index (χ1n) is 6.87. The molecular formula is C15H19NO5. The highest BCUT2D eigenvalue weighted by atomic mass is 16.5. The zero-order chi connectivity index (χ0) is 15.4.